The highest BCUT2D eigenvalue weighted by molar-refractivity contribution is 7.20. The summed E-state index contributed by atoms with van der Waals surface area (Å²) in [6, 6.07) is 0. The number of rotatable bonds is 5. The Balaban J connectivity index is 2.48. The lowest BCUT2D eigenvalue weighted by Gasteiger charge is -2.18. The van der Waals surface area contributed by atoms with E-state index in [4.69, 9.17) is 4.74 Å². The van der Waals surface area contributed by atoms with Gasteiger partial charge in [0.15, 0.2) is 0 Å². The molecule has 2 aromatic heterocycles. The van der Waals surface area contributed by atoms with Gasteiger partial charge in [0.25, 0.3) is 0 Å². The number of aryl methyl sites for hydroxylation is 1. The number of hydrogen-bond donors (Lipinski definition) is 1. The third kappa shape index (κ3) is 3.01. The first-order valence-electron chi connectivity index (χ1n) is 6.82. The van der Waals surface area contributed by atoms with Crippen LogP contribution in [0.25, 0.3) is 10.2 Å². The molecule has 0 spiro atoms. The molecular formula is C14H18N4O3S. The average molecular weight is 322 g/mol. The number of hydrogen-bond acceptors (Lipinski definition) is 7. The number of esters is 1. The Kier molecular flexibility index (Phi) is 4.92. The minimum absolute atomic E-state index is 0.118. The number of amides is 1. The zero-order valence-electron chi connectivity index (χ0n) is 13.0. The number of aromatic nitrogens is 2. The predicted molar refractivity (Wildman–Crippen MR) is 85.4 cm³/mol. The summed E-state index contributed by atoms with van der Waals surface area (Å²) in [6.07, 6.45) is 1.43. The minimum Gasteiger partial charge on any atom is -0.462 e. The summed E-state index contributed by atoms with van der Waals surface area (Å²) < 4.78 is 5.07. The van der Waals surface area contributed by atoms with Crippen molar-refractivity contribution in [2.24, 2.45) is 0 Å². The predicted octanol–water partition coefficient (Wildman–Crippen LogP) is 1.36. The number of likely N-dealkylation sites (N-methyl/N-ethyl adjacent to an activating group) is 2. The van der Waals surface area contributed by atoms with E-state index < -0.39 is 0 Å². The maximum absolute atomic E-state index is 12.0. The van der Waals surface area contributed by atoms with Crippen LogP contribution in [-0.2, 0) is 9.53 Å². The molecule has 0 radical (unpaired) electrons. The molecule has 0 atom stereocenters. The highest BCUT2D eigenvalue weighted by atomic mass is 32.1. The first kappa shape index (κ1) is 16.2. The van der Waals surface area contributed by atoms with Crippen LogP contribution in [0.15, 0.2) is 6.33 Å². The van der Waals surface area contributed by atoms with Gasteiger partial charge in [-0.25, -0.2) is 14.8 Å². The van der Waals surface area contributed by atoms with Crippen molar-refractivity contribution < 1.29 is 14.3 Å². The van der Waals surface area contributed by atoms with Gasteiger partial charge in [-0.15, -0.1) is 11.3 Å². The van der Waals surface area contributed by atoms with Gasteiger partial charge in [-0.3, -0.25) is 4.79 Å². The standard InChI is InChI=1S/C14H18N4O3S/c1-5-21-14(20)11-8(2)10-12(16-7-17-13(10)22-11)18(4)6-9(19)15-3/h7H,5-6H2,1-4H3,(H,15,19). The molecule has 0 aliphatic rings. The molecule has 1 amide bonds. The summed E-state index contributed by atoms with van der Waals surface area (Å²) in [5.74, 6) is 0.147. The first-order valence-corrected chi connectivity index (χ1v) is 7.64. The molecule has 8 heteroatoms. The number of thiophene rings is 1. The fourth-order valence-corrected chi connectivity index (χ4v) is 3.14. The molecule has 0 aliphatic carbocycles. The molecular weight excluding hydrogens is 304 g/mol. The number of ether oxygens (including phenoxy) is 1. The van der Waals surface area contributed by atoms with Gasteiger partial charge < -0.3 is 15.0 Å². The monoisotopic (exact) mass is 322 g/mol. The maximum atomic E-state index is 12.0. The van der Waals surface area contributed by atoms with Crippen molar-refractivity contribution in [3.63, 3.8) is 0 Å². The van der Waals surface area contributed by atoms with Crippen LogP contribution in [0.5, 0.6) is 0 Å². The molecule has 0 unspecified atom stereocenters. The number of carbonyl (C=O) groups excluding carboxylic acids is 2. The summed E-state index contributed by atoms with van der Waals surface area (Å²) in [6.45, 7) is 4.10. The lowest BCUT2D eigenvalue weighted by Crippen LogP contribution is -2.33. The molecule has 118 valence electrons. The largest absolute Gasteiger partial charge is 0.462 e. The Hall–Kier alpha value is -2.22. The zero-order valence-corrected chi connectivity index (χ0v) is 13.8. The Labute approximate surface area is 132 Å². The van der Waals surface area contributed by atoms with Crippen molar-refractivity contribution in [2.75, 3.05) is 32.1 Å². The van der Waals surface area contributed by atoms with Crippen LogP contribution in [0.2, 0.25) is 0 Å². The van der Waals surface area contributed by atoms with Gasteiger partial charge in [-0.2, -0.15) is 0 Å². The molecule has 1 N–H and O–H groups in total. The molecule has 0 saturated carbocycles. The molecule has 0 aliphatic heterocycles. The van der Waals surface area contributed by atoms with Gasteiger partial charge in [0.05, 0.1) is 18.5 Å². The number of carbonyl (C=O) groups is 2. The topological polar surface area (TPSA) is 84.4 Å². The second kappa shape index (κ2) is 6.69. The SMILES string of the molecule is CCOC(=O)c1sc2ncnc(N(C)CC(=O)NC)c2c1C. The maximum Gasteiger partial charge on any atom is 0.348 e. The fraction of sp³-hybridized carbons (Fsp3) is 0.429. The van der Waals surface area contributed by atoms with Crippen LogP contribution < -0.4 is 10.2 Å². The summed E-state index contributed by atoms with van der Waals surface area (Å²) in [5, 5.41) is 3.35. The normalized spacial score (nSPS) is 10.5. The second-order valence-corrected chi connectivity index (χ2v) is 5.68. The van der Waals surface area contributed by atoms with E-state index in [0.29, 0.717) is 22.1 Å². The van der Waals surface area contributed by atoms with Crippen LogP contribution in [0.4, 0.5) is 5.82 Å². The number of fused-ring (bicyclic) bond motifs is 1. The zero-order chi connectivity index (χ0) is 16.3. The Morgan fingerprint density at radius 3 is 2.77 bits per heavy atom. The molecule has 0 aromatic carbocycles. The first-order chi connectivity index (χ1) is 10.5. The van der Waals surface area contributed by atoms with Gasteiger partial charge in [-0.05, 0) is 19.4 Å². The average Bonchev–Trinajstić information content (AvgIpc) is 2.84. The highest BCUT2D eigenvalue weighted by Crippen LogP contribution is 2.34. The minimum atomic E-state index is -0.358. The summed E-state index contributed by atoms with van der Waals surface area (Å²) in [7, 11) is 3.36. The van der Waals surface area contributed by atoms with E-state index in [1.165, 1.54) is 17.7 Å². The van der Waals surface area contributed by atoms with E-state index >= 15 is 0 Å². The van der Waals surface area contributed by atoms with E-state index in [9.17, 15) is 9.59 Å². The smallest absolute Gasteiger partial charge is 0.348 e. The van der Waals surface area contributed by atoms with Gasteiger partial charge >= 0.3 is 5.97 Å². The molecule has 0 bridgehead atoms. The molecule has 2 heterocycles. The summed E-state index contributed by atoms with van der Waals surface area (Å²) in [4.78, 5) is 35.0. The quantitative estimate of drug-likeness (QED) is 0.837. The third-order valence-electron chi connectivity index (χ3n) is 3.19. The molecule has 0 saturated heterocycles. The lowest BCUT2D eigenvalue weighted by molar-refractivity contribution is -0.119. The number of nitrogens with one attached hydrogen (secondary N) is 1. The Morgan fingerprint density at radius 1 is 1.41 bits per heavy atom. The van der Waals surface area contributed by atoms with Crippen LogP contribution in [-0.4, -0.2) is 49.1 Å². The van der Waals surface area contributed by atoms with Gasteiger partial charge in [0.1, 0.15) is 21.9 Å². The van der Waals surface area contributed by atoms with E-state index in [1.54, 1.807) is 25.9 Å². The van der Waals surface area contributed by atoms with Crippen molar-refractivity contribution in [1.29, 1.82) is 0 Å². The van der Waals surface area contributed by atoms with Crippen molar-refractivity contribution in [2.45, 2.75) is 13.8 Å². The van der Waals surface area contributed by atoms with E-state index in [0.717, 1.165) is 10.9 Å². The van der Waals surface area contributed by atoms with Crippen molar-refractivity contribution in [3.05, 3.63) is 16.8 Å². The third-order valence-corrected chi connectivity index (χ3v) is 4.37. The molecule has 7 nitrogen and oxygen atoms in total. The van der Waals surface area contributed by atoms with Gasteiger partial charge in [-0.1, -0.05) is 0 Å². The molecule has 22 heavy (non-hydrogen) atoms. The summed E-state index contributed by atoms with van der Waals surface area (Å²) >= 11 is 1.28. The lowest BCUT2D eigenvalue weighted by atomic mass is 10.2. The van der Waals surface area contributed by atoms with Crippen molar-refractivity contribution in [3.8, 4) is 0 Å². The van der Waals surface area contributed by atoms with E-state index in [-0.39, 0.29) is 18.4 Å². The van der Waals surface area contributed by atoms with Crippen LogP contribution in [0.1, 0.15) is 22.2 Å². The van der Waals surface area contributed by atoms with Crippen LogP contribution in [0, 0.1) is 6.92 Å². The summed E-state index contributed by atoms with van der Waals surface area (Å²) in [5.41, 5.74) is 0.776. The van der Waals surface area contributed by atoms with Gasteiger partial charge in [0, 0.05) is 14.1 Å². The van der Waals surface area contributed by atoms with Crippen LogP contribution in [0.3, 0.4) is 0 Å². The number of nitrogens with zero attached hydrogens (tertiary/aromatic N) is 3. The Bertz CT molecular complexity index is 713. The highest BCUT2D eigenvalue weighted by Gasteiger charge is 2.22. The molecule has 0 fully saturated rings. The van der Waals surface area contributed by atoms with Crippen molar-refractivity contribution in [1.82, 2.24) is 15.3 Å². The van der Waals surface area contributed by atoms with E-state index in [2.05, 4.69) is 15.3 Å². The van der Waals surface area contributed by atoms with E-state index in [1.807, 2.05) is 6.92 Å². The molecule has 2 aromatic rings. The van der Waals surface area contributed by atoms with Crippen LogP contribution >= 0.6 is 11.3 Å². The number of anilines is 1. The van der Waals surface area contributed by atoms with Crippen molar-refractivity contribution >= 4 is 39.2 Å². The fourth-order valence-electron chi connectivity index (χ4n) is 2.10. The second-order valence-electron chi connectivity index (χ2n) is 4.68. The van der Waals surface area contributed by atoms with Gasteiger partial charge in [0.2, 0.25) is 5.91 Å². The Morgan fingerprint density at radius 2 is 2.14 bits per heavy atom. The molecule has 2 rings (SSSR count).